The highest BCUT2D eigenvalue weighted by Crippen LogP contribution is 2.14. The summed E-state index contributed by atoms with van der Waals surface area (Å²) < 4.78 is 0. The first-order valence-corrected chi connectivity index (χ1v) is 3.65. The third-order valence-electron chi connectivity index (χ3n) is 1.68. The average molecular weight is 143 g/mol. The van der Waals surface area contributed by atoms with E-state index in [4.69, 9.17) is 0 Å². The Hall–Kier alpha value is -1.50. The second-order valence-electron chi connectivity index (χ2n) is 2.45. The minimum atomic E-state index is 1.17. The molecule has 0 amide bonds. The Morgan fingerprint density at radius 3 is 2.27 bits per heavy atom. The minimum absolute atomic E-state index is 1.17. The van der Waals surface area contributed by atoms with Crippen LogP contribution in [0.25, 0.3) is 11.3 Å². The van der Waals surface area contributed by atoms with E-state index in [-0.39, 0.29) is 0 Å². The standard InChI is InChI=1S/C10H9N/c1-2-5-9(6-3-1)10-7-4-8-11-10/h1-8,11H. The molecule has 1 aromatic heterocycles. The molecule has 0 fully saturated rings. The highest BCUT2D eigenvalue weighted by atomic mass is 14.7. The van der Waals surface area contributed by atoms with Gasteiger partial charge in [-0.05, 0) is 17.7 Å². The number of nitrogens with one attached hydrogen (secondary N) is 1. The maximum absolute atomic E-state index is 3.15. The van der Waals surface area contributed by atoms with Crippen LogP contribution in [0.4, 0.5) is 0 Å². The quantitative estimate of drug-likeness (QED) is 0.631. The van der Waals surface area contributed by atoms with Crippen LogP contribution in [0.15, 0.2) is 48.7 Å². The van der Waals surface area contributed by atoms with E-state index in [0.717, 1.165) is 0 Å². The molecule has 0 aliphatic heterocycles. The van der Waals surface area contributed by atoms with Gasteiger partial charge < -0.3 is 4.98 Å². The summed E-state index contributed by atoms with van der Waals surface area (Å²) in [7, 11) is 0. The van der Waals surface area contributed by atoms with Crippen molar-refractivity contribution in [3.05, 3.63) is 48.7 Å². The summed E-state index contributed by atoms with van der Waals surface area (Å²) in [6.07, 6.45) is 1.93. The maximum atomic E-state index is 3.15. The molecule has 0 bridgehead atoms. The van der Waals surface area contributed by atoms with Gasteiger partial charge in [0.2, 0.25) is 0 Å². The van der Waals surface area contributed by atoms with Crippen LogP contribution in [0.5, 0.6) is 0 Å². The van der Waals surface area contributed by atoms with Crippen LogP contribution in [0.2, 0.25) is 0 Å². The molecule has 1 heterocycles. The number of aromatic nitrogens is 1. The molecule has 0 saturated heterocycles. The fraction of sp³-hybridized carbons (Fsp3) is 0. The lowest BCUT2D eigenvalue weighted by Crippen LogP contribution is -1.73. The lowest BCUT2D eigenvalue weighted by atomic mass is 10.2. The highest BCUT2D eigenvalue weighted by molar-refractivity contribution is 5.58. The topological polar surface area (TPSA) is 15.8 Å². The van der Waals surface area contributed by atoms with Gasteiger partial charge in [0, 0.05) is 11.9 Å². The van der Waals surface area contributed by atoms with Crippen molar-refractivity contribution in [2.75, 3.05) is 0 Å². The molecule has 0 radical (unpaired) electrons. The number of rotatable bonds is 1. The number of hydrogen-bond acceptors (Lipinski definition) is 0. The third-order valence-corrected chi connectivity index (χ3v) is 1.68. The third kappa shape index (κ3) is 1.17. The second-order valence-corrected chi connectivity index (χ2v) is 2.45. The van der Waals surface area contributed by atoms with Gasteiger partial charge in [-0.25, -0.2) is 0 Å². The lowest BCUT2D eigenvalue weighted by molar-refractivity contribution is 1.40. The van der Waals surface area contributed by atoms with Gasteiger partial charge in [0.25, 0.3) is 0 Å². The second kappa shape index (κ2) is 2.62. The fourth-order valence-corrected chi connectivity index (χ4v) is 1.13. The molecule has 0 unspecified atom stereocenters. The molecule has 0 atom stereocenters. The van der Waals surface area contributed by atoms with Crippen LogP contribution in [0.3, 0.4) is 0 Å². The summed E-state index contributed by atoms with van der Waals surface area (Å²) in [5, 5.41) is 0. The molecule has 2 aromatic rings. The zero-order valence-electron chi connectivity index (χ0n) is 6.12. The molecule has 2 rings (SSSR count). The van der Waals surface area contributed by atoms with E-state index in [1.165, 1.54) is 11.3 Å². The van der Waals surface area contributed by atoms with Crippen molar-refractivity contribution in [2.45, 2.75) is 0 Å². The molecule has 1 N–H and O–H groups in total. The van der Waals surface area contributed by atoms with Gasteiger partial charge in [-0.3, -0.25) is 0 Å². The van der Waals surface area contributed by atoms with E-state index in [1.807, 2.05) is 30.5 Å². The predicted octanol–water partition coefficient (Wildman–Crippen LogP) is 2.68. The predicted molar refractivity (Wildman–Crippen MR) is 46.2 cm³/mol. The van der Waals surface area contributed by atoms with E-state index < -0.39 is 0 Å². The number of aromatic amines is 1. The van der Waals surface area contributed by atoms with Gasteiger partial charge in [0.05, 0.1) is 0 Å². The van der Waals surface area contributed by atoms with Gasteiger partial charge in [-0.2, -0.15) is 0 Å². The Kier molecular flexibility index (Phi) is 1.48. The summed E-state index contributed by atoms with van der Waals surface area (Å²) in [6.45, 7) is 0. The van der Waals surface area contributed by atoms with Gasteiger partial charge in [-0.15, -0.1) is 0 Å². The number of benzene rings is 1. The first-order valence-electron chi connectivity index (χ1n) is 3.65. The molecule has 1 aromatic carbocycles. The van der Waals surface area contributed by atoms with Crippen molar-refractivity contribution < 1.29 is 0 Å². The molecular weight excluding hydrogens is 134 g/mol. The van der Waals surface area contributed by atoms with Gasteiger partial charge >= 0.3 is 0 Å². The summed E-state index contributed by atoms with van der Waals surface area (Å²) in [5.74, 6) is 0. The Balaban J connectivity index is 2.46. The van der Waals surface area contributed by atoms with Crippen molar-refractivity contribution in [3.63, 3.8) is 0 Å². The smallest absolute Gasteiger partial charge is 0.0453 e. The minimum Gasteiger partial charge on any atom is -0.361 e. The van der Waals surface area contributed by atoms with E-state index in [1.54, 1.807) is 0 Å². The molecule has 0 saturated carbocycles. The number of H-pyrrole nitrogens is 1. The molecule has 1 nitrogen and oxygen atoms in total. The highest BCUT2D eigenvalue weighted by Gasteiger charge is 1.92. The van der Waals surface area contributed by atoms with Crippen molar-refractivity contribution >= 4 is 0 Å². The molecule has 11 heavy (non-hydrogen) atoms. The normalized spacial score (nSPS) is 9.82. The molecule has 0 aliphatic carbocycles. The maximum Gasteiger partial charge on any atom is 0.0453 e. The zero-order chi connectivity index (χ0) is 7.52. The van der Waals surface area contributed by atoms with Gasteiger partial charge in [0.1, 0.15) is 0 Å². The Bertz CT molecular complexity index is 308. The van der Waals surface area contributed by atoms with Gasteiger partial charge in [0.15, 0.2) is 0 Å². The van der Waals surface area contributed by atoms with E-state index in [0.29, 0.717) is 0 Å². The largest absolute Gasteiger partial charge is 0.361 e. The SMILES string of the molecule is c1ccc(-c2ccc[nH]2)cc1. The van der Waals surface area contributed by atoms with Crippen LogP contribution >= 0.6 is 0 Å². The van der Waals surface area contributed by atoms with Crippen molar-refractivity contribution in [1.82, 2.24) is 4.98 Å². The molecule has 54 valence electrons. The Morgan fingerprint density at radius 1 is 0.818 bits per heavy atom. The number of hydrogen-bond donors (Lipinski definition) is 1. The molecular formula is C10H9N. The Labute approximate surface area is 65.7 Å². The van der Waals surface area contributed by atoms with Crippen LogP contribution in [0, 0.1) is 0 Å². The average Bonchev–Trinajstić information content (AvgIpc) is 2.58. The van der Waals surface area contributed by atoms with Crippen LogP contribution in [0.1, 0.15) is 0 Å². The summed E-state index contributed by atoms with van der Waals surface area (Å²) in [5.41, 5.74) is 2.41. The Morgan fingerprint density at radius 2 is 1.64 bits per heavy atom. The van der Waals surface area contributed by atoms with Crippen LogP contribution in [-0.4, -0.2) is 4.98 Å². The van der Waals surface area contributed by atoms with Crippen molar-refractivity contribution in [1.29, 1.82) is 0 Å². The van der Waals surface area contributed by atoms with Crippen molar-refractivity contribution in [2.24, 2.45) is 0 Å². The molecule has 0 spiro atoms. The summed E-state index contributed by atoms with van der Waals surface area (Å²) in [4.78, 5) is 3.15. The van der Waals surface area contributed by atoms with Gasteiger partial charge in [-0.1, -0.05) is 30.3 Å². The van der Waals surface area contributed by atoms with Crippen molar-refractivity contribution in [3.8, 4) is 11.3 Å². The van der Waals surface area contributed by atoms with E-state index in [2.05, 4.69) is 23.2 Å². The van der Waals surface area contributed by atoms with Crippen LogP contribution < -0.4 is 0 Å². The zero-order valence-corrected chi connectivity index (χ0v) is 6.12. The van der Waals surface area contributed by atoms with E-state index in [9.17, 15) is 0 Å². The first kappa shape index (κ1) is 6.23. The lowest BCUT2D eigenvalue weighted by Gasteiger charge is -1.94. The molecule has 1 heteroatoms. The fourth-order valence-electron chi connectivity index (χ4n) is 1.13. The monoisotopic (exact) mass is 143 g/mol. The summed E-state index contributed by atoms with van der Waals surface area (Å²) >= 11 is 0. The first-order chi connectivity index (χ1) is 5.47. The summed E-state index contributed by atoms with van der Waals surface area (Å²) in [6, 6.07) is 14.3. The molecule has 0 aliphatic rings. The van der Waals surface area contributed by atoms with E-state index >= 15 is 0 Å². The van der Waals surface area contributed by atoms with Crippen LogP contribution in [-0.2, 0) is 0 Å².